The molecule has 0 aliphatic rings. The first-order valence-electron chi connectivity index (χ1n) is 7.41. The van der Waals surface area contributed by atoms with Gasteiger partial charge in [-0.2, -0.15) is 0 Å². The molecule has 2 rings (SSSR count). The average molecular weight is 399 g/mol. The van der Waals surface area contributed by atoms with Gasteiger partial charge in [-0.3, -0.25) is 13.9 Å². The number of hydrogen-bond donors (Lipinski definition) is 1. The molecule has 0 spiro atoms. The number of amides is 1. The summed E-state index contributed by atoms with van der Waals surface area (Å²) in [4.78, 5) is 23.7. The van der Waals surface area contributed by atoms with E-state index in [0.29, 0.717) is 11.3 Å². The number of ketones is 1. The fraction of sp³-hybridized carbons (Fsp3) is 0.176. The Morgan fingerprint density at radius 3 is 2.46 bits per heavy atom. The van der Waals surface area contributed by atoms with Crippen molar-refractivity contribution >= 4 is 44.7 Å². The first-order valence-corrected chi connectivity index (χ1v) is 9.64. The molecule has 0 fully saturated rings. The number of Topliss-reactive ketones (excluding diaryl/α,β-unsaturated/α-hetero) is 1. The van der Waals surface area contributed by atoms with Crippen molar-refractivity contribution in [3.63, 3.8) is 0 Å². The van der Waals surface area contributed by atoms with E-state index in [1.165, 1.54) is 19.1 Å². The van der Waals surface area contributed by atoms with Crippen LogP contribution in [0.25, 0.3) is 0 Å². The molecule has 0 aromatic heterocycles. The minimum Gasteiger partial charge on any atom is -0.324 e. The van der Waals surface area contributed by atoms with Crippen LogP contribution in [0.15, 0.2) is 42.5 Å². The summed E-state index contributed by atoms with van der Waals surface area (Å²) in [7, 11) is -3.82. The second kappa shape index (κ2) is 7.84. The van der Waals surface area contributed by atoms with Crippen LogP contribution in [0.1, 0.15) is 17.3 Å². The van der Waals surface area contributed by atoms with Crippen LogP contribution in [0.3, 0.4) is 0 Å². The van der Waals surface area contributed by atoms with Crippen LogP contribution >= 0.6 is 11.6 Å². The molecular weight excluding hydrogens is 383 g/mol. The molecule has 0 saturated heterocycles. The molecule has 0 radical (unpaired) electrons. The summed E-state index contributed by atoms with van der Waals surface area (Å²) in [5.41, 5.74) is 0.827. The second-order valence-corrected chi connectivity index (χ2v) is 7.87. The predicted molar refractivity (Wildman–Crippen MR) is 98.7 cm³/mol. The highest BCUT2D eigenvalue weighted by Gasteiger charge is 2.22. The molecule has 0 saturated carbocycles. The van der Waals surface area contributed by atoms with Crippen LogP contribution in [0, 0.1) is 5.82 Å². The van der Waals surface area contributed by atoms with Gasteiger partial charge in [0.05, 0.1) is 17.0 Å². The number of anilines is 2. The number of rotatable bonds is 6. The zero-order valence-electron chi connectivity index (χ0n) is 14.0. The summed E-state index contributed by atoms with van der Waals surface area (Å²) < 4.78 is 38.2. The van der Waals surface area contributed by atoms with Gasteiger partial charge < -0.3 is 5.32 Å². The van der Waals surface area contributed by atoms with Crippen molar-refractivity contribution in [1.29, 1.82) is 0 Å². The number of halogens is 2. The average Bonchev–Trinajstić information content (AvgIpc) is 2.54. The molecule has 0 aliphatic heterocycles. The van der Waals surface area contributed by atoms with Crippen molar-refractivity contribution in [2.45, 2.75) is 6.92 Å². The summed E-state index contributed by atoms with van der Waals surface area (Å²) >= 11 is 5.69. The first kappa shape index (κ1) is 19.9. The number of nitrogens with zero attached hydrogens (tertiary/aromatic N) is 1. The van der Waals surface area contributed by atoms with Gasteiger partial charge in [0.2, 0.25) is 15.9 Å². The van der Waals surface area contributed by atoms with Crippen LogP contribution in [0.2, 0.25) is 5.02 Å². The highest BCUT2D eigenvalue weighted by molar-refractivity contribution is 7.92. The lowest BCUT2D eigenvalue weighted by molar-refractivity contribution is -0.114. The lowest BCUT2D eigenvalue weighted by Crippen LogP contribution is -2.37. The molecule has 6 nitrogen and oxygen atoms in total. The molecule has 0 unspecified atom stereocenters. The SMILES string of the molecule is CC(=O)c1cccc(NC(=O)CN(c2ccc(F)c(Cl)c2)S(C)(=O)=O)c1. The summed E-state index contributed by atoms with van der Waals surface area (Å²) in [6, 6.07) is 9.61. The Hall–Kier alpha value is -2.45. The quantitative estimate of drug-likeness (QED) is 0.758. The highest BCUT2D eigenvalue weighted by atomic mass is 35.5. The van der Waals surface area contributed by atoms with E-state index in [4.69, 9.17) is 11.6 Å². The third kappa shape index (κ3) is 5.03. The summed E-state index contributed by atoms with van der Waals surface area (Å²) in [5, 5.41) is 2.27. The van der Waals surface area contributed by atoms with E-state index in [1.807, 2.05) is 0 Å². The lowest BCUT2D eigenvalue weighted by atomic mass is 10.1. The van der Waals surface area contributed by atoms with Gasteiger partial charge in [-0.1, -0.05) is 23.7 Å². The van der Waals surface area contributed by atoms with Gasteiger partial charge in [0.25, 0.3) is 0 Å². The summed E-state index contributed by atoms with van der Waals surface area (Å²) in [6.07, 6.45) is 0.925. The van der Waals surface area contributed by atoms with Crippen molar-refractivity contribution in [2.24, 2.45) is 0 Å². The van der Waals surface area contributed by atoms with E-state index >= 15 is 0 Å². The third-order valence-corrected chi connectivity index (χ3v) is 4.86. The lowest BCUT2D eigenvalue weighted by Gasteiger charge is -2.22. The van der Waals surface area contributed by atoms with Crippen LogP contribution in [-0.4, -0.2) is 32.9 Å². The van der Waals surface area contributed by atoms with Crippen molar-refractivity contribution in [3.8, 4) is 0 Å². The topological polar surface area (TPSA) is 83.6 Å². The summed E-state index contributed by atoms with van der Waals surface area (Å²) in [5.74, 6) is -1.49. The standard InChI is InChI=1S/C17H16ClFN2O4S/c1-11(22)12-4-3-5-13(8-12)20-17(23)10-21(26(2,24)25)14-6-7-16(19)15(18)9-14/h3-9H,10H2,1-2H3,(H,20,23). The minimum atomic E-state index is -3.82. The number of nitrogens with one attached hydrogen (secondary N) is 1. The Labute approximate surface area is 155 Å². The number of carbonyl (C=O) groups excluding carboxylic acids is 2. The number of carbonyl (C=O) groups is 2. The number of hydrogen-bond acceptors (Lipinski definition) is 4. The van der Waals surface area contributed by atoms with Crippen molar-refractivity contribution < 1.29 is 22.4 Å². The Bertz CT molecular complexity index is 963. The van der Waals surface area contributed by atoms with E-state index in [-0.39, 0.29) is 16.5 Å². The fourth-order valence-corrected chi connectivity index (χ4v) is 3.21. The van der Waals surface area contributed by atoms with Crippen molar-refractivity contribution in [2.75, 3.05) is 22.4 Å². The maximum Gasteiger partial charge on any atom is 0.245 e. The van der Waals surface area contributed by atoms with Gasteiger partial charge in [0.15, 0.2) is 5.78 Å². The second-order valence-electron chi connectivity index (χ2n) is 5.55. The van der Waals surface area contributed by atoms with Gasteiger partial charge in [-0.25, -0.2) is 12.8 Å². The highest BCUT2D eigenvalue weighted by Crippen LogP contribution is 2.24. The van der Waals surface area contributed by atoms with E-state index in [1.54, 1.807) is 18.2 Å². The molecule has 1 amide bonds. The maximum absolute atomic E-state index is 13.3. The fourth-order valence-electron chi connectivity index (χ4n) is 2.19. The van der Waals surface area contributed by atoms with Crippen LogP contribution in [0.5, 0.6) is 0 Å². The number of benzene rings is 2. The Balaban J connectivity index is 2.23. The molecule has 2 aromatic rings. The Kier molecular flexibility index (Phi) is 5.99. The van der Waals surface area contributed by atoms with E-state index < -0.39 is 28.3 Å². The molecular formula is C17H16ClFN2O4S. The van der Waals surface area contributed by atoms with Crippen LogP contribution < -0.4 is 9.62 Å². The predicted octanol–water partition coefficient (Wildman–Crippen LogP) is 3.09. The largest absolute Gasteiger partial charge is 0.324 e. The maximum atomic E-state index is 13.3. The zero-order valence-corrected chi connectivity index (χ0v) is 15.6. The van der Waals surface area contributed by atoms with Gasteiger partial charge in [0.1, 0.15) is 12.4 Å². The van der Waals surface area contributed by atoms with Gasteiger partial charge in [0, 0.05) is 11.3 Å². The minimum absolute atomic E-state index is 0.0616. The molecule has 1 N–H and O–H groups in total. The van der Waals surface area contributed by atoms with Crippen LogP contribution in [-0.2, 0) is 14.8 Å². The molecule has 0 bridgehead atoms. The molecule has 0 aliphatic carbocycles. The normalized spacial score (nSPS) is 11.1. The van der Waals surface area contributed by atoms with E-state index in [9.17, 15) is 22.4 Å². The Morgan fingerprint density at radius 2 is 1.88 bits per heavy atom. The van der Waals surface area contributed by atoms with Crippen molar-refractivity contribution in [3.05, 3.63) is 58.9 Å². The van der Waals surface area contributed by atoms with Gasteiger partial charge >= 0.3 is 0 Å². The molecule has 26 heavy (non-hydrogen) atoms. The molecule has 0 heterocycles. The molecule has 138 valence electrons. The summed E-state index contributed by atoms with van der Waals surface area (Å²) in [6.45, 7) is 0.857. The molecule has 2 aromatic carbocycles. The van der Waals surface area contributed by atoms with Crippen LogP contribution in [0.4, 0.5) is 15.8 Å². The third-order valence-electron chi connectivity index (χ3n) is 3.43. The smallest absolute Gasteiger partial charge is 0.245 e. The van der Waals surface area contributed by atoms with Crippen molar-refractivity contribution in [1.82, 2.24) is 0 Å². The van der Waals surface area contributed by atoms with Gasteiger partial charge in [-0.05, 0) is 37.3 Å². The zero-order chi connectivity index (χ0) is 19.5. The van der Waals surface area contributed by atoms with E-state index in [2.05, 4.69) is 5.32 Å². The molecule has 9 heteroatoms. The Morgan fingerprint density at radius 1 is 1.19 bits per heavy atom. The van der Waals surface area contributed by atoms with E-state index in [0.717, 1.165) is 22.7 Å². The number of sulfonamides is 1. The molecule has 0 atom stereocenters. The monoisotopic (exact) mass is 398 g/mol. The first-order chi connectivity index (χ1) is 12.1. The van der Waals surface area contributed by atoms with Gasteiger partial charge in [-0.15, -0.1) is 0 Å².